The zero-order chi connectivity index (χ0) is 23.5. The fraction of sp³-hybridized carbons (Fsp3) is 0.103. The van der Waals surface area contributed by atoms with Gasteiger partial charge >= 0.3 is 72.1 Å². The van der Waals surface area contributed by atoms with Crippen LogP contribution in [0.1, 0.15) is 24.0 Å². The maximum Gasteiger partial charge on any atom is -1.00 e. The van der Waals surface area contributed by atoms with Crippen molar-refractivity contribution in [3.63, 3.8) is 0 Å². The molecule has 0 fully saturated rings. The molecule has 0 heterocycles. The molecule has 0 atom stereocenters. The molecule has 3 aromatic rings. The van der Waals surface area contributed by atoms with Crippen LogP contribution < -0.4 is 29.2 Å². The first-order valence-electron chi connectivity index (χ1n) is 10.7. The molecule has 0 nitrogen and oxygen atoms in total. The van der Waals surface area contributed by atoms with Crippen LogP contribution in [0.15, 0.2) is 103 Å². The van der Waals surface area contributed by atoms with Gasteiger partial charge in [-0.2, -0.15) is 35.5 Å². The van der Waals surface area contributed by atoms with Crippen LogP contribution >= 0.6 is 0 Å². The van der Waals surface area contributed by atoms with E-state index in [1.54, 1.807) is 38.1 Å². The number of hydrogen-bond acceptors (Lipinski definition) is 0. The maximum absolute atomic E-state index is 12.8. The van der Waals surface area contributed by atoms with Crippen LogP contribution in [0.2, 0.25) is 5.76 Å². The zero-order valence-electron chi connectivity index (χ0n) is 19.2. The fourth-order valence-corrected chi connectivity index (χ4v) is 6.79. The van der Waals surface area contributed by atoms with E-state index in [0.717, 1.165) is 35.1 Å². The smallest absolute Gasteiger partial charge is 1.00 e. The monoisotopic (exact) mass is 644 g/mol. The molecular formula is C29H24Cl2F2GeZr-2. The van der Waals surface area contributed by atoms with Crippen molar-refractivity contribution >= 4 is 25.5 Å². The van der Waals surface area contributed by atoms with E-state index in [9.17, 15) is 8.78 Å². The van der Waals surface area contributed by atoms with Gasteiger partial charge in [0.25, 0.3) is 0 Å². The van der Waals surface area contributed by atoms with Crippen LogP contribution in [0.25, 0.3) is 11.1 Å². The van der Waals surface area contributed by atoms with Crippen molar-refractivity contribution in [3.8, 4) is 0 Å². The van der Waals surface area contributed by atoms with Crippen LogP contribution in [-0.4, -0.2) is 9.98 Å². The molecule has 2 aliphatic rings. The molecule has 178 valence electrons. The van der Waals surface area contributed by atoms with E-state index in [-0.39, 0.29) is 36.4 Å². The van der Waals surface area contributed by atoms with Gasteiger partial charge in [0, 0.05) is 0 Å². The third-order valence-electron chi connectivity index (χ3n) is 4.87. The summed E-state index contributed by atoms with van der Waals surface area (Å²) in [5.74, 6) is 2.03. The Balaban J connectivity index is 0.000000258. The summed E-state index contributed by atoms with van der Waals surface area (Å²) >= 11 is 1.76. The second-order valence-electron chi connectivity index (χ2n) is 7.41. The molecule has 0 aliphatic heterocycles. The van der Waals surface area contributed by atoms with Crippen molar-refractivity contribution < 1.29 is 55.2 Å². The molecule has 0 aromatic heterocycles. The van der Waals surface area contributed by atoms with E-state index in [4.69, 9.17) is 0 Å². The van der Waals surface area contributed by atoms with Crippen molar-refractivity contribution in [2.75, 3.05) is 0 Å². The third-order valence-corrected chi connectivity index (χ3v) is 11.1. The van der Waals surface area contributed by atoms with Gasteiger partial charge in [-0.25, -0.2) is 8.78 Å². The molecule has 0 spiro atoms. The first kappa shape index (κ1) is 31.5. The molecule has 6 heteroatoms. The molecule has 3 aromatic carbocycles. The summed E-state index contributed by atoms with van der Waals surface area (Å²) in [6.07, 6.45) is 15.9. The molecule has 0 amide bonds. The van der Waals surface area contributed by atoms with E-state index in [1.807, 2.05) is 36.4 Å². The van der Waals surface area contributed by atoms with Crippen molar-refractivity contribution in [2.45, 2.75) is 18.6 Å². The summed E-state index contributed by atoms with van der Waals surface area (Å²) in [6, 6.07) is 24.0. The molecule has 0 N–H and O–H groups in total. The first-order valence-corrected chi connectivity index (χ1v) is 21.3. The Morgan fingerprint density at radius 2 is 1.14 bits per heavy atom. The number of benzene rings is 3. The topological polar surface area (TPSA) is 0 Å². The van der Waals surface area contributed by atoms with E-state index < -0.39 is 9.98 Å². The van der Waals surface area contributed by atoms with Crippen LogP contribution in [0, 0.1) is 23.8 Å². The summed E-state index contributed by atoms with van der Waals surface area (Å²) in [6.45, 7) is 0. The molecule has 0 radical (unpaired) electrons. The molecule has 0 bridgehead atoms. The fourth-order valence-electron chi connectivity index (χ4n) is 3.21. The Hall–Kier alpha value is -1.51. The Morgan fingerprint density at radius 3 is 1.46 bits per heavy atom. The molecule has 5 rings (SSSR count). The van der Waals surface area contributed by atoms with Crippen molar-refractivity contribution in [3.05, 3.63) is 138 Å². The van der Waals surface area contributed by atoms with Gasteiger partial charge in [-0.05, 0) is 12.1 Å². The van der Waals surface area contributed by atoms with Crippen LogP contribution in [0.4, 0.5) is 8.78 Å². The van der Waals surface area contributed by atoms with Crippen molar-refractivity contribution in [2.24, 2.45) is 0 Å². The second kappa shape index (κ2) is 17.0. The summed E-state index contributed by atoms with van der Waals surface area (Å²) in [4.78, 5) is 0. The normalized spacial score (nSPS) is 12.6. The Morgan fingerprint density at radius 1 is 0.686 bits per heavy atom. The van der Waals surface area contributed by atoms with E-state index in [2.05, 4.69) is 48.2 Å². The zero-order valence-corrected chi connectivity index (χ0v) is 25.3. The van der Waals surface area contributed by atoms with Crippen LogP contribution in [0.3, 0.4) is 0 Å². The largest absolute Gasteiger partial charge is 1.00 e. The first-order chi connectivity index (χ1) is 16.0. The predicted molar refractivity (Wildman–Crippen MR) is 131 cm³/mol. The summed E-state index contributed by atoms with van der Waals surface area (Å²) in [5.41, 5.74) is 3.80. The van der Waals surface area contributed by atoms with Crippen molar-refractivity contribution in [1.82, 2.24) is 0 Å². The van der Waals surface area contributed by atoms with Gasteiger partial charge in [-0.3, -0.25) is 0 Å². The summed E-state index contributed by atoms with van der Waals surface area (Å²) < 4.78 is 27.1. The number of rotatable bonds is 3. The minimum atomic E-state index is -0.676. The van der Waals surface area contributed by atoms with Gasteiger partial charge in [-0.1, -0.05) is 37.1 Å². The quantitative estimate of drug-likeness (QED) is 0.295. The number of allylic oxidation sites excluding steroid dienone is 8. The van der Waals surface area contributed by atoms with Crippen LogP contribution in [0.5, 0.6) is 0 Å². The van der Waals surface area contributed by atoms with Gasteiger partial charge in [0.1, 0.15) is 11.6 Å². The molecule has 2 aliphatic carbocycles. The van der Waals surface area contributed by atoms with Gasteiger partial charge < -0.3 is 24.8 Å². The predicted octanol–water partition coefficient (Wildman–Crippen LogP) is 1.01. The SMILES string of the molecule is Fc1cccc(C2=[C-]CC=C2)c1.Fc1cccc(C2=[C-]CC=C2)c1.[CH3][Ge](=[Zr+2])[c]1ccccc1.[Cl-].[Cl-]. The molecular weight excluding hydrogens is 621 g/mol. The third kappa shape index (κ3) is 11.0. The number of hydrogen-bond donors (Lipinski definition) is 0. The summed E-state index contributed by atoms with van der Waals surface area (Å²) in [5, 5.41) is 0. The van der Waals surface area contributed by atoms with Gasteiger partial charge in [-0.15, -0.1) is 35.4 Å². The molecule has 35 heavy (non-hydrogen) atoms. The van der Waals surface area contributed by atoms with Crippen LogP contribution in [-0.2, 0) is 21.6 Å². The van der Waals surface area contributed by atoms with E-state index >= 15 is 0 Å². The second-order valence-corrected chi connectivity index (χ2v) is 20.8. The minimum absolute atomic E-state index is 0. The van der Waals surface area contributed by atoms with Gasteiger partial charge in [0.15, 0.2) is 0 Å². The van der Waals surface area contributed by atoms with E-state index in [1.165, 1.54) is 24.3 Å². The molecule has 0 unspecified atom stereocenters. The van der Waals surface area contributed by atoms with E-state index in [0.29, 0.717) is 0 Å². The number of halogens is 4. The Labute approximate surface area is 235 Å². The average molecular weight is 645 g/mol. The molecule has 0 saturated carbocycles. The minimum Gasteiger partial charge on any atom is -1.00 e. The standard InChI is InChI=1S/2C11H8F.C7H8Ge.2ClH.Zr/c2*12-11-7-3-6-10(8-11)9-4-1-2-5-9;1-8-7-5-3-2-4-6-7;;;/h2*1,3-4,6-8H,2H2;2-6H,1H3;2*1H;/q2*-1;;;;+2/p-2. The summed E-state index contributed by atoms with van der Waals surface area (Å²) in [7, 11) is -0.676. The Kier molecular flexibility index (Phi) is 15.3. The molecule has 0 saturated heterocycles. The van der Waals surface area contributed by atoms with Gasteiger partial charge in [0.2, 0.25) is 0 Å². The maximum atomic E-state index is 12.8. The Bertz CT molecular complexity index is 1150. The van der Waals surface area contributed by atoms with Gasteiger partial charge in [0.05, 0.1) is 0 Å². The van der Waals surface area contributed by atoms with Crippen molar-refractivity contribution in [1.29, 1.82) is 0 Å². The average Bonchev–Trinajstić information content (AvgIpc) is 3.55.